The van der Waals surface area contributed by atoms with E-state index >= 15 is 0 Å². The zero-order valence-corrected chi connectivity index (χ0v) is 21.5. The Morgan fingerprint density at radius 2 is 1.80 bits per heavy atom. The van der Waals surface area contributed by atoms with Crippen LogP contribution in [0.4, 0.5) is 0 Å². The third kappa shape index (κ3) is 4.68. The van der Waals surface area contributed by atoms with Crippen molar-refractivity contribution < 1.29 is 17.6 Å². The smallest absolute Gasteiger partial charge is 0.265 e. The monoisotopic (exact) mass is 497 g/mol. The van der Waals surface area contributed by atoms with Crippen LogP contribution in [-0.4, -0.2) is 52.2 Å². The van der Waals surface area contributed by atoms with E-state index in [4.69, 9.17) is 4.42 Å². The Bertz CT molecular complexity index is 1340. The molecule has 4 rings (SSSR count). The Hall–Kier alpha value is -3.24. The van der Waals surface area contributed by atoms with E-state index in [0.29, 0.717) is 36.7 Å². The van der Waals surface area contributed by atoms with Gasteiger partial charge in [-0.2, -0.15) is 14.5 Å². The van der Waals surface area contributed by atoms with Crippen LogP contribution in [0.15, 0.2) is 57.1 Å². The summed E-state index contributed by atoms with van der Waals surface area (Å²) < 4.78 is 34.8. The second-order valence-electron chi connectivity index (χ2n) is 8.63. The molecule has 10 heteroatoms. The molecule has 0 fully saturated rings. The zero-order valence-electron chi connectivity index (χ0n) is 20.7. The van der Waals surface area contributed by atoms with Crippen molar-refractivity contribution in [1.29, 1.82) is 0 Å². The average molecular weight is 498 g/mol. The molecule has 9 nitrogen and oxygen atoms in total. The van der Waals surface area contributed by atoms with Crippen molar-refractivity contribution in [3.8, 4) is 0 Å². The van der Waals surface area contributed by atoms with Crippen molar-refractivity contribution in [3.63, 3.8) is 0 Å². The third-order valence-corrected chi connectivity index (χ3v) is 8.63. The molecule has 3 aromatic rings. The van der Waals surface area contributed by atoms with Crippen LogP contribution in [0, 0.1) is 20.8 Å². The quantitative estimate of drug-likeness (QED) is 0.471. The maximum absolute atomic E-state index is 13.5. The van der Waals surface area contributed by atoms with E-state index in [2.05, 4.69) is 10.2 Å². The fourth-order valence-corrected chi connectivity index (χ4v) is 6.30. The topological polar surface area (TPSA) is 101 Å². The zero-order chi connectivity index (χ0) is 25.3. The first-order valence-electron chi connectivity index (χ1n) is 11.7. The molecule has 0 saturated heterocycles. The molecule has 0 spiro atoms. The van der Waals surface area contributed by atoms with Crippen molar-refractivity contribution in [3.05, 3.63) is 70.9 Å². The summed E-state index contributed by atoms with van der Waals surface area (Å²) in [6.45, 7) is 9.52. The number of aromatic nitrogens is 2. The van der Waals surface area contributed by atoms with Crippen LogP contribution in [0.25, 0.3) is 0 Å². The molecule has 35 heavy (non-hydrogen) atoms. The van der Waals surface area contributed by atoms with Gasteiger partial charge in [0.2, 0.25) is 10.0 Å². The minimum atomic E-state index is -3.71. The predicted molar refractivity (Wildman–Crippen MR) is 132 cm³/mol. The number of carbonyl (C=O) groups excluding carboxylic acids is 1. The summed E-state index contributed by atoms with van der Waals surface area (Å²) in [7, 11) is -3.71. The van der Waals surface area contributed by atoms with Crippen molar-refractivity contribution in [1.82, 2.24) is 19.1 Å². The van der Waals surface area contributed by atoms with E-state index in [0.717, 1.165) is 16.8 Å². The standard InChI is InChI=1S/C25H31N5O4S/c1-6-28(7-2)35(32,33)25-18(4)26-29(19(25)5)16-24(31)30-22(23-9-8-14-34-23)15-21(27-30)20-12-10-17(3)11-13-20/h8-14,22H,6-7,15-16H2,1-5H3/t22-/m0/s1. The highest BCUT2D eigenvalue weighted by Gasteiger charge is 2.36. The van der Waals surface area contributed by atoms with Gasteiger partial charge in [0.1, 0.15) is 23.2 Å². The van der Waals surface area contributed by atoms with Gasteiger partial charge in [0, 0.05) is 19.5 Å². The number of rotatable bonds is 8. The number of benzene rings is 1. The van der Waals surface area contributed by atoms with Gasteiger partial charge < -0.3 is 4.42 Å². The van der Waals surface area contributed by atoms with Gasteiger partial charge in [0.05, 0.1) is 23.4 Å². The molecule has 0 N–H and O–H groups in total. The molecular formula is C25H31N5O4S. The van der Waals surface area contributed by atoms with Crippen molar-refractivity contribution >= 4 is 21.6 Å². The molecule has 186 valence electrons. The second-order valence-corrected chi connectivity index (χ2v) is 10.5. The number of hydrogen-bond acceptors (Lipinski definition) is 6. The number of sulfonamides is 1. The van der Waals surface area contributed by atoms with E-state index in [-0.39, 0.29) is 23.4 Å². The van der Waals surface area contributed by atoms with Gasteiger partial charge in [-0.15, -0.1) is 0 Å². The molecule has 0 saturated carbocycles. The average Bonchev–Trinajstić information content (AvgIpc) is 3.54. The second kappa shape index (κ2) is 9.79. The van der Waals surface area contributed by atoms with Gasteiger partial charge in [-0.1, -0.05) is 43.7 Å². The van der Waals surface area contributed by atoms with Crippen molar-refractivity contribution in [2.75, 3.05) is 13.1 Å². The molecule has 0 aliphatic carbocycles. The number of hydrogen-bond donors (Lipinski definition) is 0. The highest BCUT2D eigenvalue weighted by atomic mass is 32.2. The lowest BCUT2D eigenvalue weighted by atomic mass is 10.0. The van der Waals surface area contributed by atoms with Gasteiger partial charge in [-0.05, 0) is 38.5 Å². The minimum absolute atomic E-state index is 0.137. The number of hydrazone groups is 1. The van der Waals surface area contributed by atoms with E-state index in [9.17, 15) is 13.2 Å². The Balaban J connectivity index is 1.65. The van der Waals surface area contributed by atoms with Gasteiger partial charge in [-0.25, -0.2) is 13.4 Å². The van der Waals surface area contributed by atoms with Crippen LogP contribution in [0.3, 0.4) is 0 Å². The number of aryl methyl sites for hydroxylation is 2. The molecule has 1 amide bonds. The summed E-state index contributed by atoms with van der Waals surface area (Å²) in [4.78, 5) is 13.6. The lowest BCUT2D eigenvalue weighted by Crippen LogP contribution is -2.32. The molecule has 3 heterocycles. The Morgan fingerprint density at radius 3 is 2.40 bits per heavy atom. The van der Waals surface area contributed by atoms with Crippen LogP contribution < -0.4 is 0 Å². The summed E-state index contributed by atoms with van der Waals surface area (Å²) in [5.74, 6) is 0.341. The highest BCUT2D eigenvalue weighted by molar-refractivity contribution is 7.89. The van der Waals surface area contributed by atoms with Gasteiger partial charge in [0.25, 0.3) is 5.91 Å². The number of carbonyl (C=O) groups is 1. The fourth-order valence-electron chi connectivity index (χ4n) is 4.46. The summed E-state index contributed by atoms with van der Waals surface area (Å²) in [5.41, 5.74) is 3.68. The third-order valence-electron chi connectivity index (χ3n) is 6.33. The van der Waals surface area contributed by atoms with Crippen LogP contribution in [0.5, 0.6) is 0 Å². The lowest BCUT2D eigenvalue weighted by molar-refractivity contribution is -0.134. The fraction of sp³-hybridized carbons (Fsp3) is 0.400. The van der Waals surface area contributed by atoms with E-state index in [1.54, 1.807) is 40.0 Å². The SMILES string of the molecule is CCN(CC)S(=O)(=O)c1c(C)nn(CC(=O)N2N=C(c3ccc(C)cc3)C[C@H]2c2ccco2)c1C. The van der Waals surface area contributed by atoms with Gasteiger partial charge in [-0.3, -0.25) is 9.48 Å². The first kappa shape index (κ1) is 24.9. The summed E-state index contributed by atoms with van der Waals surface area (Å²) in [5, 5.41) is 10.5. The summed E-state index contributed by atoms with van der Waals surface area (Å²) in [6, 6.07) is 11.2. The van der Waals surface area contributed by atoms with Crippen LogP contribution in [0.2, 0.25) is 0 Å². The molecule has 2 aromatic heterocycles. The van der Waals surface area contributed by atoms with E-state index < -0.39 is 10.0 Å². The lowest BCUT2D eigenvalue weighted by Gasteiger charge is -2.20. The van der Waals surface area contributed by atoms with Crippen LogP contribution in [0.1, 0.15) is 54.6 Å². The molecule has 0 bridgehead atoms. The Kier molecular flexibility index (Phi) is 6.95. The Morgan fingerprint density at radius 1 is 1.11 bits per heavy atom. The predicted octanol–water partition coefficient (Wildman–Crippen LogP) is 3.81. The highest BCUT2D eigenvalue weighted by Crippen LogP contribution is 2.33. The first-order valence-corrected chi connectivity index (χ1v) is 13.2. The molecule has 1 atom stereocenters. The first-order chi connectivity index (χ1) is 16.7. The number of furan rings is 1. The van der Waals surface area contributed by atoms with Crippen molar-refractivity contribution in [2.45, 2.75) is 58.5 Å². The van der Waals surface area contributed by atoms with Gasteiger partial charge in [0.15, 0.2) is 0 Å². The maximum Gasteiger partial charge on any atom is 0.265 e. The number of nitrogens with zero attached hydrogens (tertiary/aromatic N) is 5. The molecule has 0 radical (unpaired) electrons. The van der Waals surface area contributed by atoms with Crippen LogP contribution >= 0.6 is 0 Å². The van der Waals surface area contributed by atoms with E-state index in [1.807, 2.05) is 37.3 Å². The van der Waals surface area contributed by atoms with Crippen molar-refractivity contribution in [2.24, 2.45) is 5.10 Å². The summed E-state index contributed by atoms with van der Waals surface area (Å²) >= 11 is 0. The molecule has 1 aliphatic rings. The maximum atomic E-state index is 13.5. The normalized spacial score (nSPS) is 16.2. The van der Waals surface area contributed by atoms with Crippen LogP contribution in [-0.2, 0) is 21.4 Å². The largest absolute Gasteiger partial charge is 0.467 e. The number of amides is 1. The summed E-state index contributed by atoms with van der Waals surface area (Å²) in [6.07, 6.45) is 2.09. The molecule has 1 aliphatic heterocycles. The van der Waals surface area contributed by atoms with E-state index in [1.165, 1.54) is 14.0 Å². The molecular weight excluding hydrogens is 466 g/mol. The molecule has 1 aromatic carbocycles. The Labute approximate surface area is 206 Å². The van der Waals surface area contributed by atoms with Gasteiger partial charge >= 0.3 is 0 Å². The molecule has 0 unspecified atom stereocenters. The minimum Gasteiger partial charge on any atom is -0.467 e.